The van der Waals surface area contributed by atoms with Crippen molar-refractivity contribution in [3.8, 4) is 0 Å². The van der Waals surface area contributed by atoms with E-state index in [2.05, 4.69) is 4.98 Å². The fraction of sp³-hybridized carbons (Fsp3) is 0.500. The van der Waals surface area contributed by atoms with Crippen LogP contribution in [0.25, 0.3) is 0 Å². The summed E-state index contributed by atoms with van der Waals surface area (Å²) in [6.07, 6.45) is 3.25. The van der Waals surface area contributed by atoms with E-state index in [1.54, 1.807) is 42.7 Å². The maximum Gasteiger partial charge on any atom is 0.343 e. The molecule has 1 aromatic heterocycles. The molecular formula is C20H24F2N2O3. The first-order chi connectivity index (χ1) is 12.8. The number of aliphatic hydroxyl groups is 1. The molecule has 1 N–H and O–H groups in total. The zero-order chi connectivity index (χ0) is 19.5. The molecule has 1 fully saturated rings. The van der Waals surface area contributed by atoms with Gasteiger partial charge in [0, 0.05) is 31.2 Å². The van der Waals surface area contributed by atoms with Gasteiger partial charge in [0.1, 0.15) is 12.4 Å². The third kappa shape index (κ3) is 4.18. The third-order valence-corrected chi connectivity index (χ3v) is 5.25. The summed E-state index contributed by atoms with van der Waals surface area (Å²) in [6, 6.07) is 8.24. The number of imidazole rings is 1. The molecule has 1 aromatic carbocycles. The Morgan fingerprint density at radius 1 is 1.41 bits per heavy atom. The number of hydrogen-bond donors (Lipinski definition) is 1. The number of aromatic nitrogens is 2. The highest BCUT2D eigenvalue weighted by Gasteiger charge is 2.52. The summed E-state index contributed by atoms with van der Waals surface area (Å²) in [6.45, 7) is 2.23. The van der Waals surface area contributed by atoms with Gasteiger partial charge >= 0.3 is 5.97 Å². The van der Waals surface area contributed by atoms with Gasteiger partial charge in [-0.05, 0) is 25.3 Å². The van der Waals surface area contributed by atoms with Gasteiger partial charge in [0.15, 0.2) is 5.60 Å². The number of carbonyl (C=O) groups excluding carboxylic acids is 1. The van der Waals surface area contributed by atoms with E-state index in [0.29, 0.717) is 13.0 Å². The number of nitrogens with zero attached hydrogens (tertiary/aromatic N) is 2. The van der Waals surface area contributed by atoms with E-state index in [0.717, 1.165) is 5.82 Å². The molecular weight excluding hydrogens is 354 g/mol. The monoisotopic (exact) mass is 378 g/mol. The van der Waals surface area contributed by atoms with Gasteiger partial charge in [-0.3, -0.25) is 0 Å². The lowest BCUT2D eigenvalue weighted by atomic mass is 9.72. The summed E-state index contributed by atoms with van der Waals surface area (Å²) in [5.74, 6) is -3.89. The molecule has 0 aliphatic heterocycles. The average Bonchev–Trinajstić information content (AvgIpc) is 3.05. The van der Waals surface area contributed by atoms with Crippen LogP contribution in [0.1, 0.15) is 37.1 Å². The molecule has 2 atom stereocenters. The molecule has 0 saturated heterocycles. The van der Waals surface area contributed by atoms with E-state index in [1.165, 1.54) is 0 Å². The van der Waals surface area contributed by atoms with Crippen molar-refractivity contribution in [1.82, 2.24) is 9.55 Å². The van der Waals surface area contributed by atoms with Crippen LogP contribution in [0.4, 0.5) is 8.78 Å². The normalized spacial score (nSPS) is 21.4. The number of aryl methyl sites for hydroxylation is 1. The number of carbonyl (C=O) groups is 1. The Balaban J connectivity index is 1.79. The zero-order valence-electron chi connectivity index (χ0n) is 15.3. The largest absolute Gasteiger partial charge is 0.461 e. The van der Waals surface area contributed by atoms with Crippen molar-refractivity contribution in [2.45, 2.75) is 50.7 Å². The van der Waals surface area contributed by atoms with Crippen molar-refractivity contribution in [3.63, 3.8) is 0 Å². The van der Waals surface area contributed by atoms with Gasteiger partial charge in [0.2, 0.25) is 5.92 Å². The lowest BCUT2D eigenvalue weighted by Gasteiger charge is -2.39. The molecule has 0 unspecified atom stereocenters. The minimum atomic E-state index is -2.89. The fourth-order valence-electron chi connectivity index (χ4n) is 3.73. The molecule has 0 amide bonds. The number of benzene rings is 1. The van der Waals surface area contributed by atoms with Gasteiger partial charge in [-0.2, -0.15) is 0 Å². The second kappa shape index (κ2) is 7.76. The SMILES string of the molecule is Cc1nccn1CCOC(=O)[C@](O)(c1ccccc1)[C@H]1CCCC(F)(F)C1. The number of hydrogen-bond acceptors (Lipinski definition) is 4. The third-order valence-electron chi connectivity index (χ3n) is 5.25. The van der Waals surface area contributed by atoms with Crippen LogP contribution < -0.4 is 0 Å². The molecule has 27 heavy (non-hydrogen) atoms. The topological polar surface area (TPSA) is 64.4 Å². The summed E-state index contributed by atoms with van der Waals surface area (Å²) >= 11 is 0. The summed E-state index contributed by atoms with van der Waals surface area (Å²) in [5.41, 5.74) is -1.80. The first-order valence-corrected chi connectivity index (χ1v) is 9.13. The van der Waals surface area contributed by atoms with Crippen molar-refractivity contribution in [3.05, 3.63) is 54.1 Å². The van der Waals surface area contributed by atoms with Gasteiger partial charge in [-0.1, -0.05) is 30.3 Å². The van der Waals surface area contributed by atoms with E-state index in [-0.39, 0.29) is 25.0 Å². The predicted octanol–water partition coefficient (Wildman–Crippen LogP) is 3.45. The number of esters is 1. The standard InChI is InChI=1S/C20H24F2N2O3/c1-15-23-10-11-24(15)12-13-27-18(25)20(26,16-6-3-2-4-7-16)17-8-5-9-19(21,22)14-17/h2-4,6-7,10-11,17,26H,5,8-9,12-14H2,1H3/t17-,20-/m0/s1. The molecule has 0 bridgehead atoms. The minimum absolute atomic E-state index is 0.0221. The van der Waals surface area contributed by atoms with Gasteiger partial charge in [-0.25, -0.2) is 18.6 Å². The fourth-order valence-corrected chi connectivity index (χ4v) is 3.73. The molecule has 1 heterocycles. The first kappa shape index (κ1) is 19.5. The summed E-state index contributed by atoms with van der Waals surface area (Å²) in [5, 5.41) is 11.3. The summed E-state index contributed by atoms with van der Waals surface area (Å²) in [4.78, 5) is 16.9. The molecule has 1 saturated carbocycles. The van der Waals surface area contributed by atoms with Gasteiger partial charge < -0.3 is 14.4 Å². The Bertz CT molecular complexity index is 779. The lowest BCUT2D eigenvalue weighted by molar-refractivity contribution is -0.182. The van der Waals surface area contributed by atoms with Gasteiger partial charge in [0.25, 0.3) is 0 Å². The second-order valence-electron chi connectivity index (χ2n) is 7.09. The molecule has 1 aliphatic rings. The highest BCUT2D eigenvalue weighted by molar-refractivity contribution is 5.81. The molecule has 0 spiro atoms. The molecule has 5 nitrogen and oxygen atoms in total. The van der Waals surface area contributed by atoms with Crippen LogP contribution in [0, 0.1) is 12.8 Å². The lowest BCUT2D eigenvalue weighted by Crippen LogP contribution is -2.48. The maximum atomic E-state index is 14.0. The maximum absolute atomic E-state index is 14.0. The Morgan fingerprint density at radius 3 is 2.78 bits per heavy atom. The van der Waals surface area contributed by atoms with Crippen molar-refractivity contribution >= 4 is 5.97 Å². The quantitative estimate of drug-likeness (QED) is 0.782. The zero-order valence-corrected chi connectivity index (χ0v) is 15.3. The predicted molar refractivity (Wildman–Crippen MR) is 95.2 cm³/mol. The molecule has 7 heteroatoms. The number of halogens is 2. The minimum Gasteiger partial charge on any atom is -0.461 e. The van der Waals surface area contributed by atoms with Crippen LogP contribution in [0.15, 0.2) is 42.7 Å². The highest BCUT2D eigenvalue weighted by atomic mass is 19.3. The van der Waals surface area contributed by atoms with Crippen LogP contribution in [-0.2, 0) is 21.7 Å². The Labute approximate surface area is 157 Å². The van der Waals surface area contributed by atoms with Crippen molar-refractivity contribution < 1.29 is 23.4 Å². The van der Waals surface area contributed by atoms with Crippen LogP contribution in [0.2, 0.25) is 0 Å². The van der Waals surface area contributed by atoms with E-state index >= 15 is 0 Å². The van der Waals surface area contributed by atoms with E-state index in [4.69, 9.17) is 4.74 Å². The molecule has 3 rings (SSSR count). The van der Waals surface area contributed by atoms with E-state index in [1.807, 2.05) is 11.5 Å². The van der Waals surface area contributed by atoms with Gasteiger partial charge in [0.05, 0.1) is 6.54 Å². The first-order valence-electron chi connectivity index (χ1n) is 9.13. The summed E-state index contributed by atoms with van der Waals surface area (Å²) < 4.78 is 35.1. The highest BCUT2D eigenvalue weighted by Crippen LogP contribution is 2.45. The molecule has 146 valence electrons. The number of rotatable bonds is 6. The number of ether oxygens (including phenoxy) is 1. The summed E-state index contributed by atoms with van der Waals surface area (Å²) in [7, 11) is 0. The average molecular weight is 378 g/mol. The van der Waals surface area contributed by atoms with E-state index < -0.39 is 29.8 Å². The van der Waals surface area contributed by atoms with E-state index in [9.17, 15) is 18.7 Å². The number of alkyl halides is 2. The Hall–Kier alpha value is -2.28. The van der Waals surface area contributed by atoms with Crippen LogP contribution in [0.5, 0.6) is 0 Å². The van der Waals surface area contributed by atoms with Crippen molar-refractivity contribution in [2.24, 2.45) is 5.92 Å². The Kier molecular flexibility index (Phi) is 5.60. The Morgan fingerprint density at radius 2 is 2.15 bits per heavy atom. The van der Waals surface area contributed by atoms with Gasteiger partial charge in [-0.15, -0.1) is 0 Å². The molecule has 0 radical (unpaired) electrons. The molecule has 1 aliphatic carbocycles. The smallest absolute Gasteiger partial charge is 0.343 e. The second-order valence-corrected chi connectivity index (χ2v) is 7.09. The van der Waals surface area contributed by atoms with Crippen molar-refractivity contribution in [1.29, 1.82) is 0 Å². The van der Waals surface area contributed by atoms with Crippen LogP contribution >= 0.6 is 0 Å². The molecule has 2 aromatic rings. The van der Waals surface area contributed by atoms with Crippen LogP contribution in [-0.4, -0.2) is 33.2 Å². The van der Waals surface area contributed by atoms with Crippen molar-refractivity contribution in [2.75, 3.05) is 6.61 Å². The van der Waals surface area contributed by atoms with Crippen LogP contribution in [0.3, 0.4) is 0 Å².